The molecule has 0 saturated carbocycles. The average molecular weight is 489 g/mol. The fourth-order valence-electron chi connectivity index (χ4n) is 5.64. The van der Waals surface area contributed by atoms with Crippen molar-refractivity contribution in [1.82, 2.24) is 0 Å². The first-order chi connectivity index (χ1) is 16.5. The Kier molecular flexibility index (Phi) is 4.65. The number of aryl methyl sites for hydroxylation is 1. The van der Waals surface area contributed by atoms with E-state index in [1.165, 1.54) is 5.56 Å². The highest BCUT2D eigenvalue weighted by Crippen LogP contribution is 2.42. The first-order valence-corrected chi connectivity index (χ1v) is 13.4. The molecule has 2 heterocycles. The molecular weight excluding hydrogens is 460 g/mol. The Bertz CT molecular complexity index is 1640. The number of anilines is 2. The van der Waals surface area contributed by atoms with Crippen LogP contribution in [0, 0.1) is 11.3 Å². The van der Waals surface area contributed by atoms with Gasteiger partial charge < -0.3 is 9.32 Å². The molecule has 1 amide bonds. The van der Waals surface area contributed by atoms with E-state index in [0.29, 0.717) is 27.9 Å². The fourth-order valence-corrected chi connectivity index (χ4v) is 6.89. The summed E-state index contributed by atoms with van der Waals surface area (Å²) in [6, 6.07) is 14.0. The summed E-state index contributed by atoms with van der Waals surface area (Å²) in [4.78, 5) is 14.3. The van der Waals surface area contributed by atoms with Crippen LogP contribution in [0.5, 0.6) is 0 Å². The van der Waals surface area contributed by atoms with Crippen molar-refractivity contribution in [3.8, 4) is 0 Å². The van der Waals surface area contributed by atoms with Gasteiger partial charge in [0.25, 0.3) is 15.9 Å². The number of amides is 1. The van der Waals surface area contributed by atoms with Gasteiger partial charge in [0.1, 0.15) is 11.3 Å². The monoisotopic (exact) mass is 488 g/mol. The zero-order valence-electron chi connectivity index (χ0n) is 20.3. The predicted molar refractivity (Wildman–Crippen MR) is 139 cm³/mol. The molecule has 6 nitrogen and oxygen atoms in total. The SMILES string of the molecule is CN1C(=O)c2cccc3c(S(=O)(=O)Nc4ccc5oc6c(c5c4)CC(C(C)(C)C)CC6)ccc1c23. The summed E-state index contributed by atoms with van der Waals surface area (Å²) in [6.45, 7) is 6.82. The molecule has 0 bridgehead atoms. The third-order valence-corrected chi connectivity index (χ3v) is 9.13. The summed E-state index contributed by atoms with van der Waals surface area (Å²) < 4.78 is 36.0. The van der Waals surface area contributed by atoms with E-state index in [1.807, 2.05) is 12.1 Å². The van der Waals surface area contributed by atoms with Crippen LogP contribution in [0.2, 0.25) is 0 Å². The van der Waals surface area contributed by atoms with Crippen LogP contribution in [-0.2, 0) is 22.9 Å². The number of furan rings is 1. The van der Waals surface area contributed by atoms with Crippen LogP contribution in [0.15, 0.2) is 57.8 Å². The van der Waals surface area contributed by atoms with Gasteiger partial charge in [-0.05, 0) is 60.6 Å². The van der Waals surface area contributed by atoms with Crippen molar-refractivity contribution in [3.63, 3.8) is 0 Å². The number of benzene rings is 3. The van der Waals surface area contributed by atoms with E-state index < -0.39 is 10.0 Å². The Hall–Kier alpha value is -3.32. The van der Waals surface area contributed by atoms with Crippen molar-refractivity contribution in [1.29, 1.82) is 0 Å². The highest BCUT2D eigenvalue weighted by Gasteiger charge is 2.32. The van der Waals surface area contributed by atoms with Gasteiger partial charge in [0.05, 0.1) is 10.6 Å². The zero-order valence-corrected chi connectivity index (χ0v) is 21.1. The van der Waals surface area contributed by atoms with E-state index in [0.717, 1.165) is 41.7 Å². The third kappa shape index (κ3) is 3.36. The van der Waals surface area contributed by atoms with Crippen LogP contribution >= 0.6 is 0 Å². The van der Waals surface area contributed by atoms with Crippen molar-refractivity contribution in [3.05, 3.63) is 65.4 Å². The number of hydrogen-bond donors (Lipinski definition) is 1. The molecule has 4 aromatic rings. The first kappa shape index (κ1) is 22.2. The number of fused-ring (bicyclic) bond motifs is 3. The molecule has 1 N–H and O–H groups in total. The standard InChI is InChI=1S/C28H28N2O4S/c1-28(2,3)16-8-11-23-20(14-16)21-15-17(9-12-24(21)34-23)29-35(32,33)25-13-10-22-26-18(25)6-5-7-19(26)27(31)30(22)4/h5-7,9-10,12-13,15-16,29H,8,11,14H2,1-4H3. The second kappa shape index (κ2) is 7.34. The Morgan fingerprint density at radius 1 is 1.06 bits per heavy atom. The molecule has 0 spiro atoms. The van der Waals surface area contributed by atoms with Gasteiger partial charge in [0.2, 0.25) is 0 Å². The lowest BCUT2D eigenvalue weighted by atomic mass is 9.71. The summed E-state index contributed by atoms with van der Waals surface area (Å²) >= 11 is 0. The molecule has 0 saturated heterocycles. The lowest BCUT2D eigenvalue weighted by molar-refractivity contribution is 0.0999. The molecule has 2 aliphatic rings. The summed E-state index contributed by atoms with van der Waals surface area (Å²) in [5.41, 5.74) is 3.93. The van der Waals surface area contributed by atoms with Gasteiger partial charge >= 0.3 is 0 Å². The quantitative estimate of drug-likeness (QED) is 0.376. The minimum atomic E-state index is -3.90. The van der Waals surface area contributed by atoms with Crippen molar-refractivity contribution in [2.75, 3.05) is 16.7 Å². The summed E-state index contributed by atoms with van der Waals surface area (Å²) in [6.07, 6.45) is 2.93. The van der Waals surface area contributed by atoms with Gasteiger partial charge in [0, 0.05) is 46.4 Å². The molecule has 0 fully saturated rings. The van der Waals surface area contributed by atoms with Gasteiger partial charge in [-0.3, -0.25) is 9.52 Å². The molecule has 180 valence electrons. The summed E-state index contributed by atoms with van der Waals surface area (Å²) in [5, 5.41) is 2.19. The van der Waals surface area contributed by atoms with Gasteiger partial charge in [-0.2, -0.15) is 0 Å². The zero-order chi connectivity index (χ0) is 24.7. The van der Waals surface area contributed by atoms with Crippen LogP contribution in [-0.4, -0.2) is 21.4 Å². The second-order valence-corrected chi connectivity index (χ2v) is 12.5. The Balaban J connectivity index is 1.40. The van der Waals surface area contributed by atoms with Crippen molar-refractivity contribution < 1.29 is 17.6 Å². The van der Waals surface area contributed by atoms with Gasteiger partial charge in [-0.15, -0.1) is 0 Å². The maximum Gasteiger partial charge on any atom is 0.262 e. The van der Waals surface area contributed by atoms with E-state index in [9.17, 15) is 13.2 Å². The predicted octanol–water partition coefficient (Wildman–Crippen LogP) is 6.13. The van der Waals surface area contributed by atoms with E-state index in [-0.39, 0.29) is 16.2 Å². The Morgan fingerprint density at radius 2 is 1.86 bits per heavy atom. The maximum atomic E-state index is 13.5. The molecule has 1 aliphatic heterocycles. The number of nitrogens with one attached hydrogen (secondary N) is 1. The molecule has 1 atom stereocenters. The second-order valence-electron chi connectivity index (χ2n) is 10.8. The van der Waals surface area contributed by atoms with E-state index in [2.05, 4.69) is 25.5 Å². The lowest BCUT2D eigenvalue weighted by Gasteiger charge is -2.33. The average Bonchev–Trinajstić information content (AvgIpc) is 3.29. The third-order valence-electron chi connectivity index (χ3n) is 7.69. The molecule has 3 aromatic carbocycles. The van der Waals surface area contributed by atoms with Crippen molar-refractivity contribution >= 4 is 49.0 Å². The van der Waals surface area contributed by atoms with Gasteiger partial charge in [-0.25, -0.2) is 8.42 Å². The van der Waals surface area contributed by atoms with Crippen molar-refractivity contribution in [2.24, 2.45) is 11.3 Å². The molecule has 0 radical (unpaired) electrons. The van der Waals surface area contributed by atoms with Gasteiger partial charge in [0.15, 0.2) is 0 Å². The van der Waals surface area contributed by atoms with Gasteiger partial charge in [-0.1, -0.05) is 32.9 Å². The smallest absolute Gasteiger partial charge is 0.262 e. The maximum absolute atomic E-state index is 13.5. The number of carbonyl (C=O) groups excluding carboxylic acids is 1. The molecule has 7 heteroatoms. The molecular formula is C28H28N2O4S. The fraction of sp³-hybridized carbons (Fsp3) is 0.321. The largest absolute Gasteiger partial charge is 0.461 e. The van der Waals surface area contributed by atoms with E-state index in [1.54, 1.807) is 48.3 Å². The van der Waals surface area contributed by atoms with Crippen LogP contribution in [0.4, 0.5) is 11.4 Å². The highest BCUT2D eigenvalue weighted by atomic mass is 32.2. The van der Waals surface area contributed by atoms with Crippen LogP contribution < -0.4 is 9.62 Å². The molecule has 35 heavy (non-hydrogen) atoms. The molecule has 1 aromatic heterocycles. The van der Waals surface area contributed by atoms with Crippen LogP contribution in [0.3, 0.4) is 0 Å². The number of rotatable bonds is 3. The van der Waals surface area contributed by atoms with E-state index in [4.69, 9.17) is 4.42 Å². The number of nitrogens with zero attached hydrogens (tertiary/aromatic N) is 1. The summed E-state index contributed by atoms with van der Waals surface area (Å²) in [5.74, 6) is 1.43. The topological polar surface area (TPSA) is 79.6 Å². The number of sulfonamides is 1. The van der Waals surface area contributed by atoms with E-state index >= 15 is 0 Å². The molecule has 6 rings (SSSR count). The van der Waals surface area contributed by atoms with Crippen molar-refractivity contribution in [2.45, 2.75) is 44.9 Å². The minimum Gasteiger partial charge on any atom is -0.461 e. The Morgan fingerprint density at radius 3 is 2.63 bits per heavy atom. The lowest BCUT2D eigenvalue weighted by Crippen LogP contribution is -2.26. The highest BCUT2D eigenvalue weighted by molar-refractivity contribution is 7.93. The van der Waals surface area contributed by atoms with Crippen LogP contribution in [0.1, 0.15) is 48.9 Å². The Labute approximate surface area is 205 Å². The minimum absolute atomic E-state index is 0.128. The number of carbonyl (C=O) groups is 1. The molecule has 1 aliphatic carbocycles. The van der Waals surface area contributed by atoms with Crippen LogP contribution in [0.25, 0.3) is 21.7 Å². The molecule has 1 unspecified atom stereocenters. The normalized spacial score (nSPS) is 17.9. The first-order valence-electron chi connectivity index (χ1n) is 12.0. The summed E-state index contributed by atoms with van der Waals surface area (Å²) in [7, 11) is -2.20. The number of hydrogen-bond acceptors (Lipinski definition) is 4.